The number of benzene rings is 1. The van der Waals surface area contributed by atoms with E-state index in [1.54, 1.807) is 18.3 Å². The maximum Gasteiger partial charge on any atom is 0.253 e. The van der Waals surface area contributed by atoms with Crippen molar-refractivity contribution >= 4 is 28.9 Å². The molecule has 0 radical (unpaired) electrons. The molecule has 0 saturated carbocycles. The van der Waals surface area contributed by atoms with Crippen molar-refractivity contribution in [3.63, 3.8) is 0 Å². The van der Waals surface area contributed by atoms with Crippen LogP contribution in [-0.2, 0) is 4.74 Å². The molecule has 126 valence electrons. The van der Waals surface area contributed by atoms with Crippen molar-refractivity contribution < 1.29 is 13.9 Å². The zero-order valence-electron chi connectivity index (χ0n) is 12.9. The van der Waals surface area contributed by atoms with E-state index in [0.717, 1.165) is 19.4 Å². The molecule has 24 heavy (non-hydrogen) atoms. The summed E-state index contributed by atoms with van der Waals surface area (Å²) >= 11 is 5.76. The van der Waals surface area contributed by atoms with Crippen LogP contribution in [-0.4, -0.2) is 30.1 Å². The number of carbonyl (C=O) groups is 1. The van der Waals surface area contributed by atoms with Crippen LogP contribution in [0, 0.1) is 5.82 Å². The van der Waals surface area contributed by atoms with E-state index in [9.17, 15) is 9.18 Å². The molecule has 1 amide bonds. The third-order valence-electron chi connectivity index (χ3n) is 3.72. The molecule has 1 unspecified atom stereocenters. The van der Waals surface area contributed by atoms with Gasteiger partial charge in [0, 0.05) is 25.0 Å². The Morgan fingerprint density at radius 1 is 1.33 bits per heavy atom. The molecule has 0 bridgehead atoms. The predicted octanol–water partition coefficient (Wildman–Crippen LogP) is 3.53. The van der Waals surface area contributed by atoms with Gasteiger partial charge in [-0.3, -0.25) is 9.78 Å². The molecule has 0 aliphatic carbocycles. The highest BCUT2D eigenvalue weighted by Crippen LogP contribution is 2.22. The Morgan fingerprint density at radius 3 is 2.96 bits per heavy atom. The molecule has 2 N–H and O–H groups in total. The van der Waals surface area contributed by atoms with Crippen molar-refractivity contribution in [1.82, 2.24) is 10.3 Å². The number of pyridine rings is 1. The average Bonchev–Trinajstić information content (AvgIpc) is 3.10. The monoisotopic (exact) mass is 349 g/mol. The Bertz CT molecular complexity index is 736. The summed E-state index contributed by atoms with van der Waals surface area (Å²) in [6, 6.07) is 5.98. The fourth-order valence-corrected chi connectivity index (χ4v) is 2.67. The highest BCUT2D eigenvalue weighted by Gasteiger charge is 2.17. The zero-order chi connectivity index (χ0) is 16.9. The normalized spacial score (nSPS) is 16.8. The fourth-order valence-electron chi connectivity index (χ4n) is 2.49. The lowest BCUT2D eigenvalue weighted by Gasteiger charge is -2.12. The summed E-state index contributed by atoms with van der Waals surface area (Å²) in [6.45, 7) is 1.24. The number of rotatable bonds is 5. The van der Waals surface area contributed by atoms with Gasteiger partial charge in [-0.1, -0.05) is 11.6 Å². The quantitative estimate of drug-likeness (QED) is 0.866. The number of hydrogen-bond acceptors (Lipinski definition) is 4. The van der Waals surface area contributed by atoms with Crippen molar-refractivity contribution in [2.24, 2.45) is 0 Å². The van der Waals surface area contributed by atoms with Gasteiger partial charge < -0.3 is 15.4 Å². The Hall–Kier alpha value is -2.18. The zero-order valence-corrected chi connectivity index (χ0v) is 13.6. The van der Waals surface area contributed by atoms with Gasteiger partial charge in [-0.05, 0) is 37.1 Å². The molecule has 1 aliphatic rings. The summed E-state index contributed by atoms with van der Waals surface area (Å²) in [5.41, 5.74) is 1.66. The van der Waals surface area contributed by atoms with Crippen LogP contribution in [0.4, 0.5) is 15.8 Å². The van der Waals surface area contributed by atoms with E-state index < -0.39 is 5.82 Å². The third kappa shape index (κ3) is 4.21. The van der Waals surface area contributed by atoms with Gasteiger partial charge in [0.05, 0.1) is 28.6 Å². The van der Waals surface area contributed by atoms with Crippen molar-refractivity contribution in [2.45, 2.75) is 18.9 Å². The number of amides is 1. The van der Waals surface area contributed by atoms with Gasteiger partial charge in [0.15, 0.2) is 0 Å². The molecule has 3 rings (SSSR count). The first kappa shape index (κ1) is 16.7. The van der Waals surface area contributed by atoms with E-state index in [2.05, 4.69) is 15.6 Å². The van der Waals surface area contributed by atoms with E-state index in [0.29, 0.717) is 23.5 Å². The first-order valence-corrected chi connectivity index (χ1v) is 8.06. The van der Waals surface area contributed by atoms with Crippen LogP contribution in [0.3, 0.4) is 0 Å². The van der Waals surface area contributed by atoms with Gasteiger partial charge in [0.1, 0.15) is 5.82 Å². The molecule has 1 fully saturated rings. The number of nitrogens with zero attached hydrogens (tertiary/aromatic N) is 1. The van der Waals surface area contributed by atoms with Crippen molar-refractivity contribution in [1.29, 1.82) is 0 Å². The summed E-state index contributed by atoms with van der Waals surface area (Å²) < 4.78 is 18.7. The minimum absolute atomic E-state index is 0.0263. The highest BCUT2D eigenvalue weighted by molar-refractivity contribution is 6.31. The molecular formula is C17H17ClFN3O2. The standard InChI is InChI=1S/C17H17ClFN3O2/c18-15-7-12(3-4-16(15)19)22-13-6-11(8-20-9-13)17(23)21-10-14-2-1-5-24-14/h3-4,6-9,14,22H,1-2,5,10H2,(H,21,23). The molecule has 1 aromatic carbocycles. The minimum Gasteiger partial charge on any atom is -0.376 e. The Morgan fingerprint density at radius 2 is 2.21 bits per heavy atom. The van der Waals surface area contributed by atoms with Gasteiger partial charge >= 0.3 is 0 Å². The smallest absolute Gasteiger partial charge is 0.253 e. The topological polar surface area (TPSA) is 63.2 Å². The van der Waals surface area contributed by atoms with E-state index in [1.165, 1.54) is 18.3 Å². The Kier molecular flexibility index (Phi) is 5.27. The first-order chi connectivity index (χ1) is 11.6. The van der Waals surface area contributed by atoms with Crippen LogP contribution in [0.15, 0.2) is 36.7 Å². The predicted molar refractivity (Wildman–Crippen MR) is 90.2 cm³/mol. The second-order valence-electron chi connectivity index (χ2n) is 5.56. The number of hydrogen-bond donors (Lipinski definition) is 2. The molecule has 1 saturated heterocycles. The van der Waals surface area contributed by atoms with Crippen molar-refractivity contribution in [3.8, 4) is 0 Å². The lowest BCUT2D eigenvalue weighted by Crippen LogP contribution is -2.31. The van der Waals surface area contributed by atoms with Gasteiger partial charge in [0.25, 0.3) is 5.91 Å². The maximum absolute atomic E-state index is 13.2. The molecule has 2 aromatic rings. The second kappa shape index (κ2) is 7.59. The second-order valence-corrected chi connectivity index (χ2v) is 5.97. The van der Waals surface area contributed by atoms with Gasteiger partial charge in [-0.2, -0.15) is 0 Å². The molecular weight excluding hydrogens is 333 g/mol. The Balaban J connectivity index is 1.64. The van der Waals surface area contributed by atoms with E-state index in [4.69, 9.17) is 16.3 Å². The molecule has 0 spiro atoms. The number of halogens is 2. The average molecular weight is 350 g/mol. The molecule has 2 heterocycles. The summed E-state index contributed by atoms with van der Waals surface area (Å²) in [5, 5.41) is 5.92. The van der Waals surface area contributed by atoms with Crippen LogP contribution in [0.1, 0.15) is 23.2 Å². The fraction of sp³-hybridized carbons (Fsp3) is 0.294. The minimum atomic E-state index is -0.484. The van der Waals surface area contributed by atoms with Gasteiger partial charge in [0.2, 0.25) is 0 Å². The number of ether oxygens (including phenoxy) is 1. The van der Waals surface area contributed by atoms with Crippen LogP contribution >= 0.6 is 11.6 Å². The summed E-state index contributed by atoms with van der Waals surface area (Å²) in [7, 11) is 0. The summed E-state index contributed by atoms with van der Waals surface area (Å²) in [6.07, 6.45) is 5.15. The van der Waals surface area contributed by atoms with E-state index in [-0.39, 0.29) is 17.0 Å². The van der Waals surface area contributed by atoms with E-state index >= 15 is 0 Å². The molecule has 5 nitrogen and oxygen atoms in total. The summed E-state index contributed by atoms with van der Waals surface area (Å²) in [4.78, 5) is 16.3. The van der Waals surface area contributed by atoms with Crippen molar-refractivity contribution in [3.05, 3.63) is 53.1 Å². The number of carbonyl (C=O) groups excluding carboxylic acids is 1. The van der Waals surface area contributed by atoms with Crippen molar-refractivity contribution in [2.75, 3.05) is 18.5 Å². The molecule has 1 atom stereocenters. The Labute approximate surface area is 144 Å². The molecule has 7 heteroatoms. The number of anilines is 2. The SMILES string of the molecule is O=C(NCC1CCCO1)c1cncc(Nc2ccc(F)c(Cl)c2)c1. The summed E-state index contributed by atoms with van der Waals surface area (Å²) in [5.74, 6) is -0.693. The number of aromatic nitrogens is 1. The molecule has 1 aliphatic heterocycles. The van der Waals surface area contributed by atoms with E-state index in [1.807, 2.05) is 0 Å². The largest absolute Gasteiger partial charge is 0.376 e. The molecule has 1 aromatic heterocycles. The number of nitrogens with one attached hydrogen (secondary N) is 2. The first-order valence-electron chi connectivity index (χ1n) is 7.69. The third-order valence-corrected chi connectivity index (χ3v) is 4.01. The highest BCUT2D eigenvalue weighted by atomic mass is 35.5. The van der Waals surface area contributed by atoms with Crippen LogP contribution in [0.25, 0.3) is 0 Å². The van der Waals surface area contributed by atoms with Gasteiger partial charge in [-0.15, -0.1) is 0 Å². The van der Waals surface area contributed by atoms with Gasteiger partial charge in [-0.25, -0.2) is 4.39 Å². The lowest BCUT2D eigenvalue weighted by molar-refractivity contribution is 0.0857. The van der Waals surface area contributed by atoms with Crippen LogP contribution < -0.4 is 10.6 Å². The van der Waals surface area contributed by atoms with Crippen LogP contribution in [0.2, 0.25) is 5.02 Å². The van der Waals surface area contributed by atoms with Crippen LogP contribution in [0.5, 0.6) is 0 Å². The maximum atomic E-state index is 13.2. The lowest BCUT2D eigenvalue weighted by atomic mass is 10.2.